The Hall–Kier alpha value is -2.72. The number of pyridine rings is 1. The average molecular weight is 412 g/mol. The summed E-state index contributed by atoms with van der Waals surface area (Å²) in [5.41, 5.74) is 0.210. The Morgan fingerprint density at radius 1 is 1.26 bits per heavy atom. The molecule has 0 saturated heterocycles. The molecule has 0 aliphatic rings. The van der Waals surface area contributed by atoms with Crippen LogP contribution in [0.15, 0.2) is 46.8 Å². The average Bonchev–Trinajstić information content (AvgIpc) is 3.20. The first kappa shape index (κ1) is 17.7. The van der Waals surface area contributed by atoms with Crippen LogP contribution in [0, 0.1) is 0 Å². The first-order chi connectivity index (χ1) is 12.8. The minimum absolute atomic E-state index is 0.152. The predicted molar refractivity (Wildman–Crippen MR) is 93.9 cm³/mol. The van der Waals surface area contributed by atoms with E-state index in [1.54, 1.807) is 23.8 Å². The van der Waals surface area contributed by atoms with E-state index in [1.807, 2.05) is 6.07 Å². The first-order valence-electron chi connectivity index (χ1n) is 7.54. The maximum Gasteiger partial charge on any atom is 0.435 e. The maximum absolute atomic E-state index is 12.7. The third-order valence-corrected chi connectivity index (χ3v) is 4.88. The van der Waals surface area contributed by atoms with E-state index < -0.39 is 11.9 Å². The molecule has 0 spiro atoms. The molecule has 4 rings (SSSR count). The fraction of sp³-hybridized carbons (Fsp3) is 0.125. The third-order valence-electron chi connectivity index (χ3n) is 3.75. The molecule has 0 fully saturated rings. The molecule has 4 aromatic rings. The van der Waals surface area contributed by atoms with Gasteiger partial charge in [0.2, 0.25) is 0 Å². The quantitative estimate of drug-likeness (QED) is 0.515. The molecule has 6 nitrogen and oxygen atoms in total. The molecule has 0 aliphatic carbocycles. The van der Waals surface area contributed by atoms with Crippen LogP contribution in [0.2, 0.25) is 5.15 Å². The highest BCUT2D eigenvalue weighted by molar-refractivity contribution is 7.15. The molecular formula is C16H9ClF3N5OS. The maximum atomic E-state index is 12.7. The van der Waals surface area contributed by atoms with E-state index in [-0.39, 0.29) is 23.0 Å². The van der Waals surface area contributed by atoms with Gasteiger partial charge in [-0.05, 0) is 12.1 Å². The number of thiazole rings is 1. The molecule has 0 aromatic carbocycles. The number of nitrogens with zero attached hydrogens (tertiary/aromatic N) is 5. The second kappa shape index (κ2) is 6.46. The van der Waals surface area contributed by atoms with Crippen LogP contribution >= 0.6 is 22.9 Å². The highest BCUT2D eigenvalue weighted by Gasteiger charge is 2.34. The highest BCUT2D eigenvalue weighted by atomic mass is 35.5. The molecule has 0 aliphatic heterocycles. The number of halogens is 4. The fourth-order valence-electron chi connectivity index (χ4n) is 2.56. The first-order valence-corrected chi connectivity index (χ1v) is 8.80. The Morgan fingerprint density at radius 3 is 2.74 bits per heavy atom. The summed E-state index contributed by atoms with van der Waals surface area (Å²) < 4.78 is 40.6. The van der Waals surface area contributed by atoms with Crippen molar-refractivity contribution >= 4 is 27.9 Å². The molecule has 0 bridgehead atoms. The van der Waals surface area contributed by atoms with Crippen molar-refractivity contribution in [2.45, 2.75) is 12.7 Å². The minimum atomic E-state index is -4.60. The van der Waals surface area contributed by atoms with Gasteiger partial charge in [0.1, 0.15) is 5.15 Å². The summed E-state index contributed by atoms with van der Waals surface area (Å²) in [4.78, 5) is 21.4. The lowest BCUT2D eigenvalue weighted by molar-refractivity contribution is -0.141. The van der Waals surface area contributed by atoms with Gasteiger partial charge in [-0.25, -0.2) is 9.67 Å². The summed E-state index contributed by atoms with van der Waals surface area (Å²) in [5, 5.41) is 5.03. The number of fused-ring (bicyclic) bond motifs is 1. The Balaban J connectivity index is 1.73. The van der Waals surface area contributed by atoms with Crippen LogP contribution in [-0.2, 0) is 12.7 Å². The zero-order chi connectivity index (χ0) is 19.2. The van der Waals surface area contributed by atoms with Crippen LogP contribution < -0.4 is 5.56 Å². The normalized spacial score (nSPS) is 12.0. The molecule has 0 atom stereocenters. The van der Waals surface area contributed by atoms with Crippen molar-refractivity contribution in [2.24, 2.45) is 0 Å². The van der Waals surface area contributed by atoms with Crippen molar-refractivity contribution in [3.8, 4) is 11.3 Å². The van der Waals surface area contributed by atoms with Gasteiger partial charge in [0.25, 0.3) is 5.56 Å². The molecular weight excluding hydrogens is 403 g/mol. The van der Waals surface area contributed by atoms with Crippen molar-refractivity contribution in [1.29, 1.82) is 0 Å². The molecule has 4 heterocycles. The van der Waals surface area contributed by atoms with E-state index >= 15 is 0 Å². The van der Waals surface area contributed by atoms with E-state index in [1.165, 1.54) is 21.8 Å². The van der Waals surface area contributed by atoms with Crippen molar-refractivity contribution in [3.63, 3.8) is 0 Å². The highest BCUT2D eigenvalue weighted by Crippen LogP contribution is 2.30. The van der Waals surface area contributed by atoms with Gasteiger partial charge in [-0.3, -0.25) is 14.2 Å². The largest absolute Gasteiger partial charge is 0.435 e. The summed E-state index contributed by atoms with van der Waals surface area (Å²) >= 11 is 7.07. The molecule has 11 heteroatoms. The fourth-order valence-corrected chi connectivity index (χ4v) is 3.68. The summed E-state index contributed by atoms with van der Waals surface area (Å²) in [6, 6.07) is 5.56. The second-order valence-electron chi connectivity index (χ2n) is 5.57. The molecule has 138 valence electrons. The molecule has 0 radical (unpaired) electrons. The van der Waals surface area contributed by atoms with E-state index in [4.69, 9.17) is 11.6 Å². The van der Waals surface area contributed by atoms with Gasteiger partial charge in [0.05, 0.1) is 17.9 Å². The Bertz CT molecular complexity index is 1180. The minimum Gasteiger partial charge on any atom is -0.269 e. The van der Waals surface area contributed by atoms with Crippen molar-refractivity contribution in [3.05, 3.63) is 68.9 Å². The van der Waals surface area contributed by atoms with Crippen LogP contribution in [-0.4, -0.2) is 24.1 Å². The zero-order valence-electron chi connectivity index (χ0n) is 13.3. The molecule has 0 unspecified atom stereocenters. The van der Waals surface area contributed by atoms with Gasteiger partial charge in [0, 0.05) is 35.5 Å². The molecule has 0 saturated carbocycles. The van der Waals surface area contributed by atoms with E-state index in [0.717, 1.165) is 16.3 Å². The summed E-state index contributed by atoms with van der Waals surface area (Å²) in [7, 11) is 0. The topological polar surface area (TPSA) is 65.1 Å². The molecule has 0 N–H and O–H groups in total. The molecule has 0 amide bonds. The smallest absolute Gasteiger partial charge is 0.269 e. The van der Waals surface area contributed by atoms with E-state index in [9.17, 15) is 18.0 Å². The van der Waals surface area contributed by atoms with Crippen LogP contribution in [0.25, 0.3) is 16.2 Å². The van der Waals surface area contributed by atoms with Crippen molar-refractivity contribution < 1.29 is 13.2 Å². The lowest BCUT2D eigenvalue weighted by Crippen LogP contribution is -2.17. The summed E-state index contributed by atoms with van der Waals surface area (Å²) in [6.07, 6.45) is -1.34. The number of alkyl halides is 3. The van der Waals surface area contributed by atoms with Gasteiger partial charge >= 0.3 is 6.18 Å². The van der Waals surface area contributed by atoms with Crippen LogP contribution in [0.5, 0.6) is 0 Å². The SMILES string of the molecule is O=c1cc(Cn2nc(C(F)(F)F)cc2Cl)nc2scc(-c3cccnc3)n12. The van der Waals surface area contributed by atoms with Gasteiger partial charge in [-0.2, -0.15) is 18.3 Å². The van der Waals surface area contributed by atoms with E-state index in [2.05, 4.69) is 15.1 Å². The Labute approximate surface area is 158 Å². The lowest BCUT2D eigenvalue weighted by atomic mass is 10.2. The number of hydrogen-bond acceptors (Lipinski definition) is 5. The van der Waals surface area contributed by atoms with Gasteiger partial charge in [-0.15, -0.1) is 11.3 Å². The molecule has 4 aromatic heterocycles. The number of hydrogen-bond donors (Lipinski definition) is 0. The predicted octanol–water partition coefficient (Wildman–Crippen LogP) is 3.74. The second-order valence-corrected chi connectivity index (χ2v) is 6.80. The van der Waals surface area contributed by atoms with Gasteiger partial charge < -0.3 is 0 Å². The number of rotatable bonds is 3. The van der Waals surface area contributed by atoms with Crippen LogP contribution in [0.4, 0.5) is 13.2 Å². The van der Waals surface area contributed by atoms with E-state index in [0.29, 0.717) is 10.7 Å². The monoisotopic (exact) mass is 411 g/mol. The lowest BCUT2D eigenvalue weighted by Gasteiger charge is -2.05. The van der Waals surface area contributed by atoms with Gasteiger partial charge in [0.15, 0.2) is 10.7 Å². The molecule has 27 heavy (non-hydrogen) atoms. The summed E-state index contributed by atoms with van der Waals surface area (Å²) in [5.74, 6) is 0. The van der Waals surface area contributed by atoms with Crippen molar-refractivity contribution in [1.82, 2.24) is 24.1 Å². The standard InChI is InChI=1S/C16H9ClF3N5OS/c17-13-5-12(16(18,19)20)23-24(13)7-10-4-14(26)25-11(8-27-15(25)22-10)9-2-1-3-21-6-9/h1-6,8H,7H2. The van der Waals surface area contributed by atoms with Crippen molar-refractivity contribution in [2.75, 3.05) is 0 Å². The van der Waals surface area contributed by atoms with Crippen LogP contribution in [0.1, 0.15) is 11.4 Å². The summed E-state index contributed by atoms with van der Waals surface area (Å²) in [6.45, 7) is -0.152. The third kappa shape index (κ3) is 3.33. The zero-order valence-corrected chi connectivity index (χ0v) is 14.9. The van der Waals surface area contributed by atoms with Crippen LogP contribution in [0.3, 0.4) is 0 Å². The number of aromatic nitrogens is 5. The Kier molecular flexibility index (Phi) is 4.23. The Morgan fingerprint density at radius 2 is 2.07 bits per heavy atom. The van der Waals surface area contributed by atoms with Gasteiger partial charge in [-0.1, -0.05) is 11.6 Å².